The maximum Gasteiger partial charge on any atom is 0.243 e. The molecule has 1 aromatic heterocycles. The average Bonchev–Trinajstić information content (AvgIpc) is 3.49. The predicted octanol–water partition coefficient (Wildman–Crippen LogP) is 4.12. The lowest BCUT2D eigenvalue weighted by Gasteiger charge is -2.32. The molecule has 32 heavy (non-hydrogen) atoms. The van der Waals surface area contributed by atoms with E-state index in [4.69, 9.17) is 0 Å². The topological polar surface area (TPSA) is 91.4 Å². The summed E-state index contributed by atoms with van der Waals surface area (Å²) in [6.45, 7) is 2.36. The first-order chi connectivity index (χ1) is 15.6. The van der Waals surface area contributed by atoms with Crippen LogP contribution in [-0.4, -0.2) is 39.7 Å². The van der Waals surface area contributed by atoms with Gasteiger partial charge in [-0.1, -0.05) is 56.5 Å². The molecule has 1 aromatic carbocycles. The van der Waals surface area contributed by atoms with E-state index in [9.17, 15) is 14.4 Å². The van der Waals surface area contributed by atoms with E-state index in [0.717, 1.165) is 37.7 Å². The SMILES string of the molecule is CCC[C@@H](C(=O)NC1CCCC1)N(Cc1ccccc1)C(=O)CCC(=O)Nc1nccs1. The van der Waals surface area contributed by atoms with Crippen molar-refractivity contribution < 1.29 is 14.4 Å². The summed E-state index contributed by atoms with van der Waals surface area (Å²) in [5.41, 5.74) is 0.961. The monoisotopic (exact) mass is 456 g/mol. The lowest BCUT2D eigenvalue weighted by molar-refractivity contribution is -0.142. The van der Waals surface area contributed by atoms with Gasteiger partial charge in [0.15, 0.2) is 5.13 Å². The third-order valence-corrected chi connectivity index (χ3v) is 6.39. The van der Waals surface area contributed by atoms with Crippen molar-refractivity contribution in [2.75, 3.05) is 5.32 Å². The summed E-state index contributed by atoms with van der Waals surface area (Å²) in [6, 6.07) is 9.32. The van der Waals surface area contributed by atoms with Gasteiger partial charge >= 0.3 is 0 Å². The van der Waals surface area contributed by atoms with E-state index < -0.39 is 6.04 Å². The smallest absolute Gasteiger partial charge is 0.243 e. The molecule has 3 amide bonds. The van der Waals surface area contributed by atoms with Gasteiger partial charge in [-0.15, -0.1) is 11.3 Å². The number of hydrogen-bond donors (Lipinski definition) is 2. The summed E-state index contributed by atoms with van der Waals surface area (Å²) in [6.07, 6.45) is 7.32. The second-order valence-corrected chi connectivity index (χ2v) is 9.08. The standard InChI is InChI=1S/C24H32N4O3S/c1-2-8-20(23(31)26-19-11-6-7-12-19)28(17-18-9-4-3-5-10-18)22(30)14-13-21(29)27-24-25-15-16-32-24/h3-5,9-10,15-16,19-20H,2,6-8,11-14,17H2,1H3,(H,26,31)(H,25,27,29)/t20-/m0/s1. The summed E-state index contributed by atoms with van der Waals surface area (Å²) in [4.78, 5) is 44.4. The highest BCUT2D eigenvalue weighted by atomic mass is 32.1. The fraction of sp³-hybridized carbons (Fsp3) is 0.500. The Morgan fingerprint density at radius 3 is 2.56 bits per heavy atom. The molecule has 0 saturated heterocycles. The third-order valence-electron chi connectivity index (χ3n) is 5.70. The Balaban J connectivity index is 1.70. The molecule has 0 bridgehead atoms. The fourth-order valence-electron chi connectivity index (χ4n) is 4.05. The predicted molar refractivity (Wildman–Crippen MR) is 126 cm³/mol. The molecule has 172 valence electrons. The van der Waals surface area contributed by atoms with Crippen LogP contribution in [0.1, 0.15) is 63.9 Å². The number of thiazole rings is 1. The maximum absolute atomic E-state index is 13.3. The van der Waals surface area contributed by atoms with Crippen molar-refractivity contribution in [1.82, 2.24) is 15.2 Å². The number of nitrogens with zero attached hydrogens (tertiary/aromatic N) is 2. The summed E-state index contributed by atoms with van der Waals surface area (Å²) >= 11 is 1.33. The van der Waals surface area contributed by atoms with Crippen LogP contribution in [0.15, 0.2) is 41.9 Å². The van der Waals surface area contributed by atoms with Crippen LogP contribution >= 0.6 is 11.3 Å². The Labute approximate surface area is 193 Å². The van der Waals surface area contributed by atoms with Gasteiger partial charge in [0.2, 0.25) is 17.7 Å². The van der Waals surface area contributed by atoms with Crippen LogP contribution in [0.2, 0.25) is 0 Å². The van der Waals surface area contributed by atoms with E-state index in [0.29, 0.717) is 18.1 Å². The zero-order chi connectivity index (χ0) is 22.8. The third kappa shape index (κ3) is 7.15. The van der Waals surface area contributed by atoms with Gasteiger partial charge < -0.3 is 15.5 Å². The number of benzene rings is 1. The first-order valence-corrected chi connectivity index (χ1v) is 12.3. The van der Waals surface area contributed by atoms with Gasteiger partial charge in [-0.2, -0.15) is 0 Å². The highest BCUT2D eigenvalue weighted by Crippen LogP contribution is 2.20. The first-order valence-electron chi connectivity index (χ1n) is 11.4. The van der Waals surface area contributed by atoms with Crippen LogP contribution in [0.5, 0.6) is 0 Å². The van der Waals surface area contributed by atoms with E-state index in [2.05, 4.69) is 15.6 Å². The van der Waals surface area contributed by atoms with Crippen LogP contribution in [-0.2, 0) is 20.9 Å². The molecule has 8 heteroatoms. The number of carbonyl (C=O) groups excluding carboxylic acids is 3. The van der Waals surface area contributed by atoms with E-state index in [1.807, 2.05) is 37.3 Å². The normalized spacial score (nSPS) is 14.7. The van der Waals surface area contributed by atoms with Crippen LogP contribution in [0.3, 0.4) is 0 Å². The number of anilines is 1. The van der Waals surface area contributed by atoms with Crippen molar-refractivity contribution in [2.45, 2.75) is 76.9 Å². The molecule has 0 radical (unpaired) electrons. The lowest BCUT2D eigenvalue weighted by atomic mass is 10.1. The van der Waals surface area contributed by atoms with E-state index in [-0.39, 0.29) is 36.6 Å². The van der Waals surface area contributed by atoms with Crippen molar-refractivity contribution in [3.8, 4) is 0 Å². The summed E-state index contributed by atoms with van der Waals surface area (Å²) in [5, 5.41) is 8.17. The molecule has 1 saturated carbocycles. The number of amides is 3. The van der Waals surface area contributed by atoms with Crippen molar-refractivity contribution >= 4 is 34.2 Å². The van der Waals surface area contributed by atoms with Gasteiger partial charge in [0, 0.05) is 37.0 Å². The van der Waals surface area contributed by atoms with Crippen LogP contribution in [0.25, 0.3) is 0 Å². The molecule has 0 aliphatic heterocycles. The molecular formula is C24H32N4O3S. The van der Waals surface area contributed by atoms with Gasteiger partial charge in [-0.05, 0) is 24.8 Å². The molecule has 1 fully saturated rings. The second kappa shape index (κ2) is 12.3. The molecule has 1 aliphatic rings. The van der Waals surface area contributed by atoms with Crippen molar-refractivity contribution in [2.24, 2.45) is 0 Å². The molecule has 1 atom stereocenters. The number of aromatic nitrogens is 1. The number of nitrogens with one attached hydrogen (secondary N) is 2. The van der Waals surface area contributed by atoms with Crippen LogP contribution < -0.4 is 10.6 Å². The van der Waals surface area contributed by atoms with Gasteiger partial charge in [0.05, 0.1) is 0 Å². The summed E-state index contributed by atoms with van der Waals surface area (Å²) in [7, 11) is 0. The molecular weight excluding hydrogens is 424 g/mol. The van der Waals surface area contributed by atoms with Crippen LogP contribution in [0.4, 0.5) is 5.13 Å². The minimum atomic E-state index is -0.546. The molecule has 3 rings (SSSR count). The van der Waals surface area contributed by atoms with Gasteiger partial charge in [-0.25, -0.2) is 4.98 Å². The second-order valence-electron chi connectivity index (χ2n) is 8.19. The average molecular weight is 457 g/mol. The molecule has 7 nitrogen and oxygen atoms in total. The van der Waals surface area contributed by atoms with Gasteiger partial charge in [0.25, 0.3) is 0 Å². The Kier molecular flexibility index (Phi) is 9.22. The maximum atomic E-state index is 13.3. The highest BCUT2D eigenvalue weighted by molar-refractivity contribution is 7.13. The fourth-order valence-corrected chi connectivity index (χ4v) is 4.60. The van der Waals surface area contributed by atoms with E-state index in [1.54, 1.807) is 16.5 Å². The minimum absolute atomic E-state index is 0.0426. The number of carbonyl (C=O) groups is 3. The lowest BCUT2D eigenvalue weighted by Crippen LogP contribution is -2.51. The first kappa shape index (κ1) is 23.9. The van der Waals surface area contributed by atoms with Crippen molar-refractivity contribution in [3.63, 3.8) is 0 Å². The molecule has 1 aliphatic carbocycles. The Bertz CT molecular complexity index is 867. The largest absolute Gasteiger partial charge is 0.352 e. The zero-order valence-corrected chi connectivity index (χ0v) is 19.4. The molecule has 1 heterocycles. The van der Waals surface area contributed by atoms with Crippen LogP contribution in [0, 0.1) is 0 Å². The molecule has 0 unspecified atom stereocenters. The van der Waals surface area contributed by atoms with Gasteiger partial charge in [-0.3, -0.25) is 14.4 Å². The van der Waals surface area contributed by atoms with Gasteiger partial charge in [0.1, 0.15) is 6.04 Å². The Morgan fingerprint density at radius 2 is 1.91 bits per heavy atom. The summed E-state index contributed by atoms with van der Waals surface area (Å²) in [5.74, 6) is -0.533. The van der Waals surface area contributed by atoms with Crippen molar-refractivity contribution in [3.05, 3.63) is 47.5 Å². The highest BCUT2D eigenvalue weighted by Gasteiger charge is 2.31. The Hall–Kier alpha value is -2.74. The molecule has 2 N–H and O–H groups in total. The minimum Gasteiger partial charge on any atom is -0.352 e. The number of hydrogen-bond acceptors (Lipinski definition) is 5. The molecule has 2 aromatic rings. The summed E-state index contributed by atoms with van der Waals surface area (Å²) < 4.78 is 0. The molecule has 0 spiro atoms. The zero-order valence-electron chi connectivity index (χ0n) is 18.6. The number of rotatable bonds is 11. The van der Waals surface area contributed by atoms with Crippen molar-refractivity contribution in [1.29, 1.82) is 0 Å². The van der Waals surface area contributed by atoms with E-state index >= 15 is 0 Å². The Morgan fingerprint density at radius 1 is 1.16 bits per heavy atom. The van der Waals surface area contributed by atoms with E-state index in [1.165, 1.54) is 11.3 Å². The quantitative estimate of drug-likeness (QED) is 0.532.